The minimum atomic E-state index is 0.597. The van der Waals surface area contributed by atoms with E-state index in [4.69, 9.17) is 0 Å². The van der Waals surface area contributed by atoms with Crippen molar-refractivity contribution in [3.63, 3.8) is 0 Å². The summed E-state index contributed by atoms with van der Waals surface area (Å²) in [5.41, 5.74) is 6.74. The number of piperidine rings is 1. The average molecular weight is 328 g/mol. The number of rotatable bonds is 2. The highest BCUT2D eigenvalue weighted by atomic mass is 15.2. The van der Waals surface area contributed by atoms with Crippen LogP contribution in [0.3, 0.4) is 0 Å². The zero-order valence-corrected chi connectivity index (χ0v) is 14.7. The van der Waals surface area contributed by atoms with E-state index in [1.165, 1.54) is 52.6 Å². The van der Waals surface area contributed by atoms with E-state index >= 15 is 0 Å². The van der Waals surface area contributed by atoms with Gasteiger partial charge < -0.3 is 4.98 Å². The number of aromatic nitrogens is 1. The van der Waals surface area contributed by atoms with Crippen molar-refractivity contribution < 1.29 is 0 Å². The standard InChI is InChI=1S/C23H24N2/c1-25-18-10-7-11-19(25)15-17(14-18)22-20-12-5-6-13-21(20)24-23(22)16-8-3-2-4-9-16/h2-6,8-9,12-14,18-19,24H,7,10-11,15H2,1H3. The number of nitrogens with zero attached hydrogens (tertiary/aromatic N) is 1. The van der Waals surface area contributed by atoms with Gasteiger partial charge in [-0.05, 0) is 43.5 Å². The molecule has 0 aliphatic carbocycles. The van der Waals surface area contributed by atoms with Crippen molar-refractivity contribution in [1.29, 1.82) is 0 Å². The maximum Gasteiger partial charge on any atom is 0.0541 e. The van der Waals surface area contributed by atoms with Crippen LogP contribution in [0.5, 0.6) is 0 Å². The predicted molar refractivity (Wildman–Crippen MR) is 106 cm³/mol. The molecule has 25 heavy (non-hydrogen) atoms. The molecule has 2 nitrogen and oxygen atoms in total. The van der Waals surface area contributed by atoms with Crippen LogP contribution in [-0.4, -0.2) is 29.0 Å². The Hall–Kier alpha value is -2.32. The quantitative estimate of drug-likeness (QED) is 0.660. The molecule has 0 amide bonds. The minimum Gasteiger partial charge on any atom is -0.354 e. The van der Waals surface area contributed by atoms with Gasteiger partial charge in [-0.2, -0.15) is 0 Å². The fraction of sp³-hybridized carbons (Fsp3) is 0.304. The van der Waals surface area contributed by atoms with Crippen molar-refractivity contribution in [3.8, 4) is 11.3 Å². The van der Waals surface area contributed by atoms with Crippen LogP contribution < -0.4 is 0 Å². The topological polar surface area (TPSA) is 19.0 Å². The van der Waals surface area contributed by atoms with Crippen molar-refractivity contribution >= 4 is 16.5 Å². The Balaban J connectivity index is 1.73. The molecular weight excluding hydrogens is 304 g/mol. The van der Waals surface area contributed by atoms with Crippen LogP contribution in [-0.2, 0) is 0 Å². The Kier molecular flexibility index (Phi) is 3.53. The smallest absolute Gasteiger partial charge is 0.0541 e. The van der Waals surface area contributed by atoms with Crippen LogP contribution in [0.4, 0.5) is 0 Å². The Bertz CT molecular complexity index is 935. The van der Waals surface area contributed by atoms with Crippen molar-refractivity contribution in [2.24, 2.45) is 0 Å². The maximum absolute atomic E-state index is 3.70. The molecule has 5 rings (SSSR count). The van der Waals surface area contributed by atoms with Gasteiger partial charge in [0.05, 0.1) is 5.69 Å². The van der Waals surface area contributed by atoms with Crippen molar-refractivity contribution in [2.75, 3.05) is 7.05 Å². The van der Waals surface area contributed by atoms with Crippen LogP contribution in [0.25, 0.3) is 27.7 Å². The second-order valence-corrected chi connectivity index (χ2v) is 7.50. The fourth-order valence-electron chi connectivity index (χ4n) is 4.72. The van der Waals surface area contributed by atoms with Crippen molar-refractivity contribution in [2.45, 2.75) is 37.8 Å². The summed E-state index contributed by atoms with van der Waals surface area (Å²) in [6.45, 7) is 0. The number of benzene rings is 2. The molecule has 0 spiro atoms. The summed E-state index contributed by atoms with van der Waals surface area (Å²) in [6.07, 6.45) is 7.68. The third-order valence-corrected chi connectivity index (χ3v) is 6.08. The van der Waals surface area contributed by atoms with Gasteiger partial charge >= 0.3 is 0 Å². The molecule has 2 aliphatic rings. The first-order chi connectivity index (χ1) is 12.3. The highest BCUT2D eigenvalue weighted by Gasteiger charge is 2.32. The number of aromatic amines is 1. The molecule has 2 unspecified atom stereocenters. The van der Waals surface area contributed by atoms with Gasteiger partial charge in [-0.25, -0.2) is 0 Å². The highest BCUT2D eigenvalue weighted by Crippen LogP contribution is 2.42. The number of hydrogen-bond acceptors (Lipinski definition) is 1. The Morgan fingerprint density at radius 3 is 2.60 bits per heavy atom. The second kappa shape index (κ2) is 5.89. The summed E-state index contributed by atoms with van der Waals surface area (Å²) in [5.74, 6) is 0. The molecule has 0 saturated carbocycles. The number of nitrogens with one attached hydrogen (secondary N) is 1. The van der Waals surface area contributed by atoms with Gasteiger partial charge in [0.15, 0.2) is 0 Å². The number of likely N-dealkylation sites (N-methyl/N-ethyl adjacent to an activating group) is 1. The van der Waals surface area contributed by atoms with Gasteiger partial charge in [0, 0.05) is 28.6 Å². The molecule has 2 aliphatic heterocycles. The van der Waals surface area contributed by atoms with Crippen LogP contribution >= 0.6 is 0 Å². The van der Waals surface area contributed by atoms with E-state index in [1.54, 1.807) is 0 Å². The summed E-state index contributed by atoms with van der Waals surface area (Å²) in [7, 11) is 2.30. The lowest BCUT2D eigenvalue weighted by Gasteiger charge is -2.43. The molecule has 3 aromatic rings. The van der Waals surface area contributed by atoms with E-state index in [-0.39, 0.29) is 0 Å². The zero-order valence-electron chi connectivity index (χ0n) is 14.7. The lowest BCUT2D eigenvalue weighted by atomic mass is 9.82. The van der Waals surface area contributed by atoms with Gasteiger partial charge in [0.1, 0.15) is 0 Å². The lowest BCUT2D eigenvalue weighted by Crippen LogP contribution is -2.45. The molecule has 2 aromatic carbocycles. The van der Waals surface area contributed by atoms with E-state index in [0.717, 1.165) is 6.42 Å². The van der Waals surface area contributed by atoms with Crippen LogP contribution in [0.2, 0.25) is 0 Å². The Morgan fingerprint density at radius 1 is 0.960 bits per heavy atom. The zero-order chi connectivity index (χ0) is 16.8. The van der Waals surface area contributed by atoms with Crippen LogP contribution in [0, 0.1) is 0 Å². The molecule has 1 saturated heterocycles. The first-order valence-corrected chi connectivity index (χ1v) is 9.40. The predicted octanol–water partition coefficient (Wildman–Crippen LogP) is 5.47. The number of para-hydroxylation sites is 1. The molecule has 0 radical (unpaired) electrons. The maximum atomic E-state index is 3.70. The molecule has 2 bridgehead atoms. The van der Waals surface area contributed by atoms with E-state index < -0.39 is 0 Å². The third kappa shape index (κ3) is 2.44. The normalized spacial score (nSPS) is 23.6. The number of hydrogen-bond donors (Lipinski definition) is 1. The molecule has 1 aromatic heterocycles. The van der Waals surface area contributed by atoms with E-state index in [0.29, 0.717) is 12.1 Å². The van der Waals surface area contributed by atoms with Crippen molar-refractivity contribution in [3.05, 3.63) is 66.2 Å². The number of fused-ring (bicyclic) bond motifs is 3. The Labute approximate surface area is 149 Å². The van der Waals surface area contributed by atoms with Gasteiger partial charge in [-0.15, -0.1) is 0 Å². The Morgan fingerprint density at radius 2 is 1.76 bits per heavy atom. The molecule has 3 heterocycles. The van der Waals surface area contributed by atoms with Crippen LogP contribution in [0.15, 0.2) is 60.7 Å². The first-order valence-electron chi connectivity index (χ1n) is 9.40. The molecule has 2 atom stereocenters. The van der Waals surface area contributed by atoms with Gasteiger partial charge in [-0.3, -0.25) is 4.90 Å². The second-order valence-electron chi connectivity index (χ2n) is 7.50. The summed E-state index contributed by atoms with van der Waals surface area (Å²) < 4.78 is 0. The monoisotopic (exact) mass is 328 g/mol. The molecule has 2 heteroatoms. The average Bonchev–Trinajstić information content (AvgIpc) is 3.02. The lowest BCUT2D eigenvalue weighted by molar-refractivity contribution is 0.137. The van der Waals surface area contributed by atoms with Crippen molar-refractivity contribution in [1.82, 2.24) is 9.88 Å². The molecule has 1 N–H and O–H groups in total. The first kappa shape index (κ1) is 15.0. The number of H-pyrrole nitrogens is 1. The minimum absolute atomic E-state index is 0.597. The molecule has 126 valence electrons. The van der Waals surface area contributed by atoms with Gasteiger partial charge in [0.25, 0.3) is 0 Å². The van der Waals surface area contributed by atoms with E-state index in [2.05, 4.69) is 77.6 Å². The highest BCUT2D eigenvalue weighted by molar-refractivity contribution is 6.00. The third-order valence-electron chi connectivity index (χ3n) is 6.08. The summed E-state index contributed by atoms with van der Waals surface area (Å²) in [6, 6.07) is 20.8. The van der Waals surface area contributed by atoms with Crippen LogP contribution in [0.1, 0.15) is 31.2 Å². The van der Waals surface area contributed by atoms with Gasteiger partial charge in [0.2, 0.25) is 0 Å². The van der Waals surface area contributed by atoms with E-state index in [1.807, 2.05) is 0 Å². The summed E-state index contributed by atoms with van der Waals surface area (Å²) in [5, 5.41) is 1.36. The molecule has 1 fully saturated rings. The largest absolute Gasteiger partial charge is 0.354 e. The SMILES string of the molecule is CN1C2C=C(c3c(-c4ccccc4)[nH]c4ccccc34)CC1CCC2. The fourth-order valence-corrected chi connectivity index (χ4v) is 4.72. The molecular formula is C23H24N2. The van der Waals surface area contributed by atoms with E-state index in [9.17, 15) is 0 Å². The van der Waals surface area contributed by atoms with Gasteiger partial charge in [-0.1, -0.05) is 61.0 Å². The summed E-state index contributed by atoms with van der Waals surface area (Å²) >= 11 is 0. The summed E-state index contributed by atoms with van der Waals surface area (Å²) in [4.78, 5) is 6.29.